The Balaban J connectivity index is 0.00000256. The van der Waals surface area contributed by atoms with Crippen molar-refractivity contribution in [2.24, 2.45) is 4.99 Å². The van der Waals surface area contributed by atoms with Crippen LogP contribution in [-0.4, -0.2) is 43.2 Å². The number of rotatable bonds is 6. The van der Waals surface area contributed by atoms with E-state index in [2.05, 4.69) is 15.6 Å². The van der Waals surface area contributed by atoms with Crippen LogP contribution in [0.1, 0.15) is 31.7 Å². The van der Waals surface area contributed by atoms with Crippen molar-refractivity contribution in [3.05, 3.63) is 59.8 Å². The lowest BCUT2D eigenvalue weighted by atomic mass is 9.95. The summed E-state index contributed by atoms with van der Waals surface area (Å²) in [6, 6.07) is 10.2. The van der Waals surface area contributed by atoms with Gasteiger partial charge in [-0.3, -0.25) is 4.99 Å². The Morgan fingerprint density at radius 1 is 1.20 bits per heavy atom. The summed E-state index contributed by atoms with van der Waals surface area (Å²) in [6.07, 6.45) is 4.39. The molecule has 162 valence electrons. The van der Waals surface area contributed by atoms with Crippen molar-refractivity contribution in [3.63, 3.8) is 0 Å². The maximum atomic E-state index is 14.2. The average molecular weight is 527 g/mol. The lowest BCUT2D eigenvalue weighted by Gasteiger charge is -2.21. The van der Waals surface area contributed by atoms with E-state index in [-0.39, 0.29) is 47.1 Å². The second-order valence-corrected chi connectivity index (χ2v) is 7.84. The third-order valence-corrected chi connectivity index (χ3v) is 5.75. The van der Waals surface area contributed by atoms with Gasteiger partial charge in [-0.25, -0.2) is 13.8 Å². The second-order valence-electron chi connectivity index (χ2n) is 7.84. The molecule has 2 heterocycles. The summed E-state index contributed by atoms with van der Waals surface area (Å²) in [5.41, 5.74) is 0.573. The zero-order valence-electron chi connectivity index (χ0n) is 17.1. The van der Waals surface area contributed by atoms with Crippen molar-refractivity contribution < 1.29 is 8.78 Å². The maximum absolute atomic E-state index is 14.2. The van der Waals surface area contributed by atoms with E-state index in [0.717, 1.165) is 43.9 Å². The Morgan fingerprint density at radius 2 is 1.97 bits per heavy atom. The van der Waals surface area contributed by atoms with E-state index >= 15 is 0 Å². The fourth-order valence-electron chi connectivity index (χ4n) is 3.98. The van der Waals surface area contributed by atoms with Gasteiger partial charge >= 0.3 is 0 Å². The quantitative estimate of drug-likeness (QED) is 0.341. The first-order valence-corrected chi connectivity index (χ1v) is 10.3. The van der Waals surface area contributed by atoms with E-state index < -0.39 is 0 Å². The Labute approximate surface area is 193 Å². The third kappa shape index (κ3) is 5.01. The van der Waals surface area contributed by atoms with Crippen molar-refractivity contribution in [1.82, 2.24) is 15.6 Å². The Hall–Kier alpha value is -1.97. The fraction of sp³-hybridized carbons (Fsp3) is 0.455. The number of halogens is 3. The molecular weight excluding hydrogens is 499 g/mol. The van der Waals surface area contributed by atoms with Crippen LogP contribution in [0.5, 0.6) is 0 Å². The topological polar surface area (TPSA) is 52.6 Å². The van der Waals surface area contributed by atoms with E-state index in [1.165, 1.54) is 12.1 Å². The molecule has 1 aromatic heterocycles. The summed E-state index contributed by atoms with van der Waals surface area (Å²) in [7, 11) is 0. The third-order valence-electron chi connectivity index (χ3n) is 5.75. The predicted molar refractivity (Wildman–Crippen MR) is 127 cm³/mol. The predicted octanol–water partition coefficient (Wildman–Crippen LogP) is 3.84. The zero-order chi connectivity index (χ0) is 20.3. The van der Waals surface area contributed by atoms with Crippen LogP contribution in [0.2, 0.25) is 0 Å². The largest absolute Gasteiger partial charge is 0.357 e. The van der Waals surface area contributed by atoms with Crippen LogP contribution in [0, 0.1) is 11.6 Å². The van der Waals surface area contributed by atoms with E-state index in [9.17, 15) is 8.78 Å². The van der Waals surface area contributed by atoms with Gasteiger partial charge in [0.1, 0.15) is 5.82 Å². The summed E-state index contributed by atoms with van der Waals surface area (Å²) in [6.45, 7) is 4.71. The van der Waals surface area contributed by atoms with E-state index in [1.54, 1.807) is 18.3 Å². The van der Waals surface area contributed by atoms with Crippen LogP contribution in [0.3, 0.4) is 0 Å². The van der Waals surface area contributed by atoms with E-state index in [0.29, 0.717) is 18.9 Å². The number of aromatic nitrogens is 1. The highest BCUT2D eigenvalue weighted by atomic mass is 127. The molecule has 1 aliphatic heterocycles. The van der Waals surface area contributed by atoms with Crippen LogP contribution in [0.15, 0.2) is 47.6 Å². The summed E-state index contributed by atoms with van der Waals surface area (Å²) >= 11 is 0. The van der Waals surface area contributed by atoms with Crippen molar-refractivity contribution in [2.45, 2.75) is 37.6 Å². The number of aliphatic imine (C=N–C) groups is 1. The zero-order valence-corrected chi connectivity index (χ0v) is 19.4. The van der Waals surface area contributed by atoms with E-state index in [1.807, 2.05) is 24.0 Å². The molecule has 2 aromatic rings. The first-order chi connectivity index (χ1) is 14.1. The molecule has 2 N–H and O–H groups in total. The van der Waals surface area contributed by atoms with Gasteiger partial charge in [-0.1, -0.05) is 18.2 Å². The molecule has 0 bridgehead atoms. The first-order valence-electron chi connectivity index (χ1n) is 10.3. The van der Waals surface area contributed by atoms with Crippen LogP contribution >= 0.6 is 24.0 Å². The molecule has 5 nitrogen and oxygen atoms in total. The molecule has 2 fully saturated rings. The maximum Gasteiger partial charge on any atom is 0.191 e. The monoisotopic (exact) mass is 527 g/mol. The number of benzene rings is 1. The molecule has 8 heteroatoms. The fourth-order valence-corrected chi connectivity index (χ4v) is 3.98. The number of nitrogens with one attached hydrogen (secondary N) is 2. The average Bonchev–Trinajstić information content (AvgIpc) is 3.37. The van der Waals surface area contributed by atoms with Gasteiger partial charge < -0.3 is 15.5 Å². The second kappa shape index (κ2) is 9.89. The number of nitrogens with zero attached hydrogens (tertiary/aromatic N) is 3. The highest BCUT2D eigenvalue weighted by molar-refractivity contribution is 14.0. The highest BCUT2D eigenvalue weighted by Crippen LogP contribution is 2.49. The summed E-state index contributed by atoms with van der Waals surface area (Å²) in [4.78, 5) is 10.9. The SMILES string of the molecule is CCNC(=NCC1(c2ccccc2F)CC1)NC1CCN(c2ncccc2F)C1.I. The standard InChI is InChI=1S/C22H27F2N5.HI/c1-2-25-21(27-15-22(10-11-22)17-6-3-4-7-18(17)23)28-16-9-13-29(14-16)20-19(24)8-5-12-26-20;/h3-8,12,16H,2,9-11,13-15H2,1H3,(H2,25,27,28);1H. The minimum atomic E-state index is -0.297. The molecule has 1 saturated carbocycles. The molecule has 4 rings (SSSR count). The molecule has 1 saturated heterocycles. The molecule has 1 atom stereocenters. The molecule has 30 heavy (non-hydrogen) atoms. The Morgan fingerprint density at radius 3 is 2.67 bits per heavy atom. The van der Waals surface area contributed by atoms with Gasteiger partial charge in [-0.2, -0.15) is 0 Å². The van der Waals surface area contributed by atoms with Gasteiger partial charge in [0.2, 0.25) is 0 Å². The van der Waals surface area contributed by atoms with Crippen LogP contribution in [-0.2, 0) is 5.41 Å². The van der Waals surface area contributed by atoms with Crippen molar-refractivity contribution in [3.8, 4) is 0 Å². The first kappa shape index (κ1) is 22.7. The van der Waals surface area contributed by atoms with Crippen molar-refractivity contribution >= 4 is 35.8 Å². The molecule has 0 amide bonds. The van der Waals surface area contributed by atoms with Gasteiger partial charge in [0.05, 0.1) is 6.54 Å². The van der Waals surface area contributed by atoms with E-state index in [4.69, 9.17) is 4.99 Å². The molecule has 0 spiro atoms. The highest BCUT2D eigenvalue weighted by Gasteiger charge is 2.45. The van der Waals surface area contributed by atoms with Crippen molar-refractivity contribution in [1.29, 1.82) is 0 Å². The van der Waals surface area contributed by atoms with Crippen LogP contribution in [0.25, 0.3) is 0 Å². The molecule has 1 aromatic carbocycles. The number of hydrogen-bond donors (Lipinski definition) is 2. The summed E-state index contributed by atoms with van der Waals surface area (Å²) < 4.78 is 28.3. The molecule has 1 aliphatic carbocycles. The van der Waals surface area contributed by atoms with Gasteiger partial charge in [0.15, 0.2) is 17.6 Å². The number of pyridine rings is 1. The molecular formula is C22H28F2IN5. The van der Waals surface area contributed by atoms with Gasteiger partial charge in [0, 0.05) is 37.3 Å². The molecule has 0 radical (unpaired) electrons. The summed E-state index contributed by atoms with van der Waals surface area (Å²) in [5.74, 6) is 0.676. The minimum Gasteiger partial charge on any atom is -0.357 e. The minimum absolute atomic E-state index is 0. The number of anilines is 1. The van der Waals surface area contributed by atoms with Crippen molar-refractivity contribution in [2.75, 3.05) is 31.1 Å². The normalized spacial score (nSPS) is 19.9. The lowest BCUT2D eigenvalue weighted by Crippen LogP contribution is -2.45. The van der Waals surface area contributed by atoms with Gasteiger partial charge in [-0.05, 0) is 49.9 Å². The molecule has 1 unspecified atom stereocenters. The molecule has 2 aliphatic rings. The number of hydrogen-bond acceptors (Lipinski definition) is 3. The number of guanidine groups is 1. The lowest BCUT2D eigenvalue weighted by molar-refractivity contribution is 0.570. The van der Waals surface area contributed by atoms with Crippen LogP contribution in [0.4, 0.5) is 14.6 Å². The summed E-state index contributed by atoms with van der Waals surface area (Å²) in [5, 5.41) is 6.73. The van der Waals surface area contributed by atoms with Gasteiger partial charge in [0.25, 0.3) is 0 Å². The Bertz CT molecular complexity index is 887. The van der Waals surface area contributed by atoms with Crippen LogP contribution < -0.4 is 15.5 Å². The smallest absolute Gasteiger partial charge is 0.191 e. The van der Waals surface area contributed by atoms with Gasteiger partial charge in [-0.15, -0.1) is 24.0 Å². The Kier molecular flexibility index (Phi) is 7.49.